The van der Waals surface area contributed by atoms with Crippen molar-refractivity contribution in [2.45, 2.75) is 19.4 Å². The largest absolute Gasteiger partial charge is 0.497 e. The van der Waals surface area contributed by atoms with Crippen LogP contribution in [0.15, 0.2) is 18.2 Å². The lowest BCUT2D eigenvalue weighted by Crippen LogP contribution is -2.33. The fourth-order valence-corrected chi connectivity index (χ4v) is 1.98. The Morgan fingerprint density at radius 3 is 2.65 bits per heavy atom. The van der Waals surface area contributed by atoms with Crippen LogP contribution in [-0.4, -0.2) is 30.9 Å². The number of rotatable bonds is 3. The summed E-state index contributed by atoms with van der Waals surface area (Å²) in [5.74, 6) is 0.581. The van der Waals surface area contributed by atoms with E-state index in [1.165, 1.54) is 13.2 Å². The van der Waals surface area contributed by atoms with Crippen molar-refractivity contribution in [1.82, 2.24) is 4.90 Å². The SMILES string of the molecule is COc1ccc(CN2CCC(=O)CC2)c(F)c1. The highest BCUT2D eigenvalue weighted by Gasteiger charge is 2.17. The molecule has 0 amide bonds. The molecule has 1 heterocycles. The first-order valence-corrected chi connectivity index (χ1v) is 5.75. The van der Waals surface area contributed by atoms with Crippen LogP contribution in [0.3, 0.4) is 0 Å². The monoisotopic (exact) mass is 237 g/mol. The second-order valence-corrected chi connectivity index (χ2v) is 4.27. The van der Waals surface area contributed by atoms with Crippen molar-refractivity contribution in [2.75, 3.05) is 20.2 Å². The van der Waals surface area contributed by atoms with Gasteiger partial charge in [0, 0.05) is 44.1 Å². The molecule has 1 saturated heterocycles. The van der Waals surface area contributed by atoms with E-state index < -0.39 is 0 Å². The Morgan fingerprint density at radius 2 is 2.06 bits per heavy atom. The summed E-state index contributed by atoms with van der Waals surface area (Å²) < 4.78 is 18.7. The standard InChI is InChI=1S/C13H16FNO2/c1-17-12-3-2-10(13(14)8-12)9-15-6-4-11(16)5-7-15/h2-3,8H,4-7,9H2,1H3. The number of methoxy groups -OCH3 is 1. The second-order valence-electron chi connectivity index (χ2n) is 4.27. The molecule has 0 aromatic heterocycles. The molecular formula is C13H16FNO2. The molecule has 1 fully saturated rings. The Bertz CT molecular complexity index is 410. The van der Waals surface area contributed by atoms with Crippen LogP contribution in [0.5, 0.6) is 5.75 Å². The number of hydrogen-bond donors (Lipinski definition) is 0. The van der Waals surface area contributed by atoms with Gasteiger partial charge in [-0.1, -0.05) is 6.07 Å². The smallest absolute Gasteiger partial charge is 0.135 e. The Labute approximate surface area is 100 Å². The van der Waals surface area contributed by atoms with Crippen molar-refractivity contribution in [3.05, 3.63) is 29.6 Å². The highest BCUT2D eigenvalue weighted by Crippen LogP contribution is 2.19. The van der Waals surface area contributed by atoms with E-state index in [4.69, 9.17) is 4.74 Å². The molecule has 0 N–H and O–H groups in total. The van der Waals surface area contributed by atoms with Gasteiger partial charge in [-0.25, -0.2) is 4.39 Å². The number of carbonyl (C=O) groups is 1. The first-order valence-electron chi connectivity index (χ1n) is 5.75. The van der Waals surface area contributed by atoms with Gasteiger partial charge in [-0.2, -0.15) is 0 Å². The predicted molar refractivity (Wildman–Crippen MR) is 62.5 cm³/mol. The zero-order valence-corrected chi connectivity index (χ0v) is 9.91. The van der Waals surface area contributed by atoms with E-state index in [0.29, 0.717) is 36.5 Å². The van der Waals surface area contributed by atoms with E-state index in [1.807, 2.05) is 0 Å². The summed E-state index contributed by atoms with van der Waals surface area (Å²) in [6, 6.07) is 4.89. The number of piperidine rings is 1. The van der Waals surface area contributed by atoms with Gasteiger partial charge in [-0.05, 0) is 6.07 Å². The number of ketones is 1. The average Bonchev–Trinajstić information content (AvgIpc) is 2.34. The van der Waals surface area contributed by atoms with Gasteiger partial charge < -0.3 is 4.74 Å². The van der Waals surface area contributed by atoms with Crippen LogP contribution < -0.4 is 4.74 Å². The highest BCUT2D eigenvalue weighted by molar-refractivity contribution is 5.79. The van der Waals surface area contributed by atoms with E-state index in [-0.39, 0.29) is 5.82 Å². The van der Waals surface area contributed by atoms with Gasteiger partial charge in [0.25, 0.3) is 0 Å². The third-order valence-electron chi connectivity index (χ3n) is 3.07. The second kappa shape index (κ2) is 5.27. The molecule has 1 aliphatic rings. The molecule has 17 heavy (non-hydrogen) atoms. The van der Waals surface area contributed by atoms with Crippen LogP contribution in [0.4, 0.5) is 4.39 Å². The average molecular weight is 237 g/mol. The Hall–Kier alpha value is -1.42. The van der Waals surface area contributed by atoms with Gasteiger partial charge in [-0.15, -0.1) is 0 Å². The number of carbonyl (C=O) groups excluding carboxylic acids is 1. The third-order valence-corrected chi connectivity index (χ3v) is 3.07. The maximum atomic E-state index is 13.7. The molecule has 0 atom stereocenters. The lowest BCUT2D eigenvalue weighted by atomic mass is 10.1. The zero-order valence-electron chi connectivity index (χ0n) is 9.91. The van der Waals surface area contributed by atoms with Crippen LogP contribution in [0, 0.1) is 5.82 Å². The van der Waals surface area contributed by atoms with E-state index in [1.54, 1.807) is 12.1 Å². The summed E-state index contributed by atoms with van der Waals surface area (Å²) in [6.45, 7) is 2.01. The van der Waals surface area contributed by atoms with E-state index in [2.05, 4.69) is 4.90 Å². The Kier molecular flexibility index (Phi) is 3.74. The minimum Gasteiger partial charge on any atom is -0.497 e. The molecule has 1 aromatic rings. The van der Waals surface area contributed by atoms with Gasteiger partial charge in [0.05, 0.1) is 7.11 Å². The zero-order chi connectivity index (χ0) is 12.3. The van der Waals surface area contributed by atoms with Crippen molar-refractivity contribution in [3.63, 3.8) is 0 Å². The summed E-state index contributed by atoms with van der Waals surface area (Å²) in [5, 5.41) is 0. The van der Waals surface area contributed by atoms with Gasteiger partial charge >= 0.3 is 0 Å². The fraction of sp³-hybridized carbons (Fsp3) is 0.462. The maximum Gasteiger partial charge on any atom is 0.135 e. The number of hydrogen-bond acceptors (Lipinski definition) is 3. The summed E-state index contributed by atoms with van der Waals surface area (Å²) >= 11 is 0. The minimum atomic E-state index is -0.249. The minimum absolute atomic E-state index is 0.249. The van der Waals surface area contributed by atoms with Gasteiger partial charge in [0.15, 0.2) is 0 Å². The van der Waals surface area contributed by atoms with Crippen LogP contribution >= 0.6 is 0 Å². The topological polar surface area (TPSA) is 29.5 Å². The Morgan fingerprint density at radius 1 is 1.35 bits per heavy atom. The molecule has 0 spiro atoms. The van der Waals surface area contributed by atoms with Crippen molar-refractivity contribution in [3.8, 4) is 5.75 Å². The highest BCUT2D eigenvalue weighted by atomic mass is 19.1. The Balaban J connectivity index is 2.01. The van der Waals surface area contributed by atoms with Crippen molar-refractivity contribution < 1.29 is 13.9 Å². The number of nitrogens with zero attached hydrogens (tertiary/aromatic N) is 1. The summed E-state index contributed by atoms with van der Waals surface area (Å²) in [6.07, 6.45) is 1.16. The summed E-state index contributed by atoms with van der Waals surface area (Å²) in [5.41, 5.74) is 0.653. The molecule has 0 saturated carbocycles. The third kappa shape index (κ3) is 3.03. The quantitative estimate of drug-likeness (QED) is 0.805. The first kappa shape index (κ1) is 12.0. The maximum absolute atomic E-state index is 13.7. The predicted octanol–water partition coefficient (Wildman–Crippen LogP) is 2.00. The van der Waals surface area contributed by atoms with E-state index >= 15 is 0 Å². The lowest BCUT2D eigenvalue weighted by Gasteiger charge is -2.25. The van der Waals surface area contributed by atoms with Crippen LogP contribution in [-0.2, 0) is 11.3 Å². The van der Waals surface area contributed by atoms with Crippen LogP contribution in [0.2, 0.25) is 0 Å². The van der Waals surface area contributed by atoms with Crippen molar-refractivity contribution in [2.24, 2.45) is 0 Å². The molecular weight excluding hydrogens is 221 g/mol. The summed E-state index contributed by atoms with van der Waals surface area (Å²) in [4.78, 5) is 13.2. The normalized spacial score (nSPS) is 17.2. The molecule has 2 rings (SSSR count). The van der Waals surface area contributed by atoms with Gasteiger partial charge in [-0.3, -0.25) is 9.69 Å². The molecule has 92 valence electrons. The van der Waals surface area contributed by atoms with Gasteiger partial charge in [0.2, 0.25) is 0 Å². The van der Waals surface area contributed by atoms with Crippen LogP contribution in [0.25, 0.3) is 0 Å². The molecule has 0 bridgehead atoms. The molecule has 3 nitrogen and oxygen atoms in total. The molecule has 0 aliphatic carbocycles. The molecule has 0 unspecified atom stereocenters. The number of likely N-dealkylation sites (tertiary alicyclic amines) is 1. The molecule has 1 aliphatic heterocycles. The molecule has 4 heteroatoms. The molecule has 0 radical (unpaired) electrons. The fourth-order valence-electron chi connectivity index (χ4n) is 1.98. The van der Waals surface area contributed by atoms with Gasteiger partial charge in [0.1, 0.15) is 17.3 Å². The molecule has 1 aromatic carbocycles. The van der Waals surface area contributed by atoms with Crippen molar-refractivity contribution >= 4 is 5.78 Å². The number of ether oxygens (including phenoxy) is 1. The first-order chi connectivity index (χ1) is 8.19. The number of benzene rings is 1. The number of Topliss-reactive ketones (excluding diaryl/α,β-unsaturated/α-hetero) is 1. The lowest BCUT2D eigenvalue weighted by molar-refractivity contribution is -0.121. The van der Waals surface area contributed by atoms with Crippen LogP contribution in [0.1, 0.15) is 18.4 Å². The van der Waals surface area contributed by atoms with E-state index in [0.717, 1.165) is 13.1 Å². The van der Waals surface area contributed by atoms with Crippen molar-refractivity contribution in [1.29, 1.82) is 0 Å². The van der Waals surface area contributed by atoms with E-state index in [9.17, 15) is 9.18 Å². The summed E-state index contributed by atoms with van der Waals surface area (Å²) in [7, 11) is 1.52. The number of halogens is 1.